The van der Waals surface area contributed by atoms with Crippen molar-refractivity contribution in [1.29, 1.82) is 0 Å². The molecule has 0 heterocycles. The quantitative estimate of drug-likeness (QED) is 0.391. The zero-order valence-corrected chi connectivity index (χ0v) is 15.5. The summed E-state index contributed by atoms with van der Waals surface area (Å²) >= 11 is 9.27. The highest BCUT2D eigenvalue weighted by atomic mass is 79.9. The summed E-state index contributed by atoms with van der Waals surface area (Å²) in [7, 11) is 0. The summed E-state index contributed by atoms with van der Waals surface area (Å²) in [5.41, 5.74) is 2.17. The van der Waals surface area contributed by atoms with Gasteiger partial charge in [0.25, 0.3) is 0 Å². The second-order valence-electron chi connectivity index (χ2n) is 5.23. The Morgan fingerprint density at radius 1 is 0.920 bits per heavy atom. The lowest BCUT2D eigenvalue weighted by atomic mass is 10.1. The molecule has 25 heavy (non-hydrogen) atoms. The minimum atomic E-state index is -0.485. The number of carbonyl (C=O) groups is 1. The smallest absolute Gasteiger partial charge is 0.349 e. The van der Waals surface area contributed by atoms with Crippen molar-refractivity contribution in [2.24, 2.45) is 0 Å². The molecule has 0 saturated carbocycles. The first-order valence-corrected chi connectivity index (χ1v) is 8.73. The highest BCUT2D eigenvalue weighted by Gasteiger charge is 2.09. The van der Waals surface area contributed by atoms with Crippen LogP contribution in [0.5, 0.6) is 11.5 Å². The van der Waals surface area contributed by atoms with Crippen LogP contribution in [-0.2, 0) is 4.79 Å². The molecule has 0 amide bonds. The number of benzene rings is 3. The highest BCUT2D eigenvalue weighted by Crippen LogP contribution is 2.30. The largest absolute Gasteiger partial charge is 0.481 e. The standard InChI is InChI=1S/C20H14BrClO3/c21-18-12-15(14-4-2-1-3-5-14)6-11-19(18)24-13-20(23)25-17-9-7-16(22)8-10-17/h1-12H,13H2. The molecule has 126 valence electrons. The van der Waals surface area contributed by atoms with Gasteiger partial charge in [-0.15, -0.1) is 0 Å². The maximum Gasteiger partial charge on any atom is 0.349 e. The average molecular weight is 418 g/mol. The van der Waals surface area contributed by atoms with E-state index in [0.29, 0.717) is 16.5 Å². The molecule has 0 spiro atoms. The zero-order chi connectivity index (χ0) is 17.6. The molecule has 3 aromatic carbocycles. The van der Waals surface area contributed by atoms with Gasteiger partial charge in [-0.05, 0) is 63.5 Å². The Morgan fingerprint density at radius 3 is 2.32 bits per heavy atom. The molecule has 0 fully saturated rings. The third-order valence-electron chi connectivity index (χ3n) is 3.43. The summed E-state index contributed by atoms with van der Waals surface area (Å²) in [4.78, 5) is 11.9. The van der Waals surface area contributed by atoms with Crippen LogP contribution in [0.4, 0.5) is 0 Å². The van der Waals surface area contributed by atoms with Crippen molar-refractivity contribution in [3.8, 4) is 22.6 Å². The molecule has 3 nitrogen and oxygen atoms in total. The SMILES string of the molecule is O=C(COc1ccc(-c2ccccc2)cc1Br)Oc1ccc(Cl)cc1. The number of carbonyl (C=O) groups excluding carboxylic acids is 1. The van der Waals surface area contributed by atoms with E-state index in [4.69, 9.17) is 21.1 Å². The Balaban J connectivity index is 1.61. The van der Waals surface area contributed by atoms with Crippen LogP contribution < -0.4 is 9.47 Å². The maximum atomic E-state index is 11.9. The molecule has 0 unspecified atom stereocenters. The van der Waals surface area contributed by atoms with Gasteiger partial charge in [0.05, 0.1) is 4.47 Å². The van der Waals surface area contributed by atoms with Gasteiger partial charge in [0.1, 0.15) is 11.5 Å². The molecule has 0 bridgehead atoms. The molecular weight excluding hydrogens is 404 g/mol. The van der Waals surface area contributed by atoms with Gasteiger partial charge in [-0.25, -0.2) is 4.79 Å². The molecule has 3 aromatic rings. The number of esters is 1. The summed E-state index contributed by atoms with van der Waals surface area (Å²) in [6.45, 7) is -0.189. The van der Waals surface area contributed by atoms with E-state index in [2.05, 4.69) is 15.9 Å². The van der Waals surface area contributed by atoms with E-state index < -0.39 is 5.97 Å². The average Bonchev–Trinajstić information content (AvgIpc) is 2.63. The van der Waals surface area contributed by atoms with Crippen molar-refractivity contribution < 1.29 is 14.3 Å². The highest BCUT2D eigenvalue weighted by molar-refractivity contribution is 9.10. The van der Waals surface area contributed by atoms with Crippen molar-refractivity contribution >= 4 is 33.5 Å². The van der Waals surface area contributed by atoms with Gasteiger partial charge in [0, 0.05) is 5.02 Å². The minimum absolute atomic E-state index is 0.189. The molecule has 3 rings (SSSR count). The van der Waals surface area contributed by atoms with Crippen molar-refractivity contribution in [2.45, 2.75) is 0 Å². The number of hydrogen-bond donors (Lipinski definition) is 0. The number of hydrogen-bond acceptors (Lipinski definition) is 3. The van der Waals surface area contributed by atoms with Gasteiger partial charge in [-0.1, -0.05) is 48.0 Å². The van der Waals surface area contributed by atoms with E-state index in [1.807, 2.05) is 48.5 Å². The normalized spacial score (nSPS) is 10.3. The van der Waals surface area contributed by atoms with Crippen molar-refractivity contribution in [2.75, 3.05) is 6.61 Å². The van der Waals surface area contributed by atoms with Gasteiger partial charge in [-0.2, -0.15) is 0 Å². The number of rotatable bonds is 5. The topological polar surface area (TPSA) is 35.5 Å². The lowest BCUT2D eigenvalue weighted by Crippen LogP contribution is -2.17. The Hall–Kier alpha value is -2.30. The van der Waals surface area contributed by atoms with Crippen LogP contribution in [0.3, 0.4) is 0 Å². The van der Waals surface area contributed by atoms with Gasteiger partial charge >= 0.3 is 5.97 Å². The molecule has 0 N–H and O–H groups in total. The van der Waals surface area contributed by atoms with E-state index in [1.165, 1.54) is 0 Å². The van der Waals surface area contributed by atoms with Gasteiger partial charge < -0.3 is 9.47 Å². The van der Waals surface area contributed by atoms with Crippen molar-refractivity contribution in [3.05, 3.63) is 82.3 Å². The van der Waals surface area contributed by atoms with Crippen LogP contribution in [0.1, 0.15) is 0 Å². The molecule has 0 aromatic heterocycles. The summed E-state index contributed by atoms with van der Waals surface area (Å²) in [5, 5.41) is 0.582. The second kappa shape index (κ2) is 8.19. The summed E-state index contributed by atoms with van der Waals surface area (Å²) in [6, 6.07) is 22.3. The predicted molar refractivity (Wildman–Crippen MR) is 102 cm³/mol. The van der Waals surface area contributed by atoms with Crippen molar-refractivity contribution in [3.63, 3.8) is 0 Å². The Labute approximate surface area is 159 Å². The summed E-state index contributed by atoms with van der Waals surface area (Å²) < 4.78 is 11.5. The van der Waals surface area contributed by atoms with E-state index in [9.17, 15) is 4.79 Å². The minimum Gasteiger partial charge on any atom is -0.481 e. The Morgan fingerprint density at radius 2 is 1.64 bits per heavy atom. The maximum absolute atomic E-state index is 11.9. The van der Waals surface area contributed by atoms with Crippen LogP contribution in [0, 0.1) is 0 Å². The van der Waals surface area contributed by atoms with E-state index in [0.717, 1.165) is 15.6 Å². The fourth-order valence-electron chi connectivity index (χ4n) is 2.23. The van der Waals surface area contributed by atoms with Gasteiger partial charge in [0.15, 0.2) is 6.61 Å². The summed E-state index contributed by atoms with van der Waals surface area (Å²) in [5.74, 6) is 0.519. The number of ether oxygens (including phenoxy) is 2. The van der Waals surface area contributed by atoms with Crippen LogP contribution in [0.25, 0.3) is 11.1 Å². The van der Waals surface area contributed by atoms with Gasteiger partial charge in [0.2, 0.25) is 0 Å². The molecule has 0 atom stereocenters. The van der Waals surface area contributed by atoms with Crippen LogP contribution >= 0.6 is 27.5 Å². The van der Waals surface area contributed by atoms with Crippen LogP contribution in [0.2, 0.25) is 5.02 Å². The van der Waals surface area contributed by atoms with Crippen LogP contribution in [0.15, 0.2) is 77.3 Å². The van der Waals surface area contributed by atoms with Gasteiger partial charge in [-0.3, -0.25) is 0 Å². The second-order valence-corrected chi connectivity index (χ2v) is 6.52. The number of halogens is 2. The first kappa shape index (κ1) is 17.5. The molecule has 0 saturated heterocycles. The zero-order valence-electron chi connectivity index (χ0n) is 13.1. The van der Waals surface area contributed by atoms with Crippen LogP contribution in [-0.4, -0.2) is 12.6 Å². The Bertz CT molecular complexity index is 864. The third-order valence-corrected chi connectivity index (χ3v) is 4.30. The Kier molecular flexibility index (Phi) is 5.74. The van der Waals surface area contributed by atoms with E-state index in [1.54, 1.807) is 24.3 Å². The predicted octanol–water partition coefficient (Wildman–Crippen LogP) is 5.75. The molecule has 0 aliphatic carbocycles. The van der Waals surface area contributed by atoms with Crippen molar-refractivity contribution in [1.82, 2.24) is 0 Å². The molecule has 5 heteroatoms. The molecule has 0 radical (unpaired) electrons. The molecule has 0 aliphatic heterocycles. The fourth-order valence-corrected chi connectivity index (χ4v) is 2.85. The summed E-state index contributed by atoms with van der Waals surface area (Å²) in [6.07, 6.45) is 0. The molecular formula is C20H14BrClO3. The third kappa shape index (κ3) is 4.84. The van der Waals surface area contributed by atoms with E-state index >= 15 is 0 Å². The fraction of sp³-hybridized carbons (Fsp3) is 0.0500. The lowest BCUT2D eigenvalue weighted by molar-refractivity contribution is -0.136. The first-order chi connectivity index (χ1) is 12.1. The first-order valence-electron chi connectivity index (χ1n) is 7.56. The lowest BCUT2D eigenvalue weighted by Gasteiger charge is -2.10. The van der Waals surface area contributed by atoms with E-state index in [-0.39, 0.29) is 6.61 Å². The molecule has 0 aliphatic rings. The monoisotopic (exact) mass is 416 g/mol.